The van der Waals surface area contributed by atoms with Crippen LogP contribution >= 0.6 is 31.9 Å². The second-order valence-corrected chi connectivity index (χ2v) is 20.5. The number of anilines is 2. The fourth-order valence-electron chi connectivity index (χ4n) is 9.89. The third-order valence-electron chi connectivity index (χ3n) is 13.6. The Hall–Kier alpha value is -5.92. The average Bonchev–Trinajstić information content (AvgIpc) is 3.41. The van der Waals surface area contributed by atoms with Gasteiger partial charge in [-0.05, 0) is 109 Å². The van der Waals surface area contributed by atoms with E-state index >= 15 is 0 Å². The summed E-state index contributed by atoms with van der Waals surface area (Å²) in [6.07, 6.45) is 1.92. The van der Waals surface area contributed by atoms with E-state index in [-0.39, 0.29) is 59.9 Å². The summed E-state index contributed by atoms with van der Waals surface area (Å²) in [6, 6.07) is 54.5. The molecule has 0 radical (unpaired) electrons. The number of benzene rings is 6. The molecule has 0 bridgehead atoms. The van der Waals surface area contributed by atoms with Gasteiger partial charge in [0.15, 0.2) is 0 Å². The lowest BCUT2D eigenvalue weighted by molar-refractivity contribution is -0.120. The van der Waals surface area contributed by atoms with Crippen LogP contribution in [-0.2, 0) is 19.1 Å². The number of para-hydroxylation sites is 2. The first-order valence-electron chi connectivity index (χ1n) is 25.1. The molecule has 0 aromatic heterocycles. The summed E-state index contributed by atoms with van der Waals surface area (Å²) in [5, 5.41) is 0. The van der Waals surface area contributed by atoms with E-state index in [2.05, 4.69) is 55.5 Å². The molecule has 0 spiro atoms. The predicted molar refractivity (Wildman–Crippen MR) is 294 cm³/mol. The monoisotopic (exact) mass is 1100 g/mol. The standard InChI is InChI=1S/2C30H33BrN2O3/c2*1-3-29(34)33(26-12-8-5-9-13-26)27-18-19-32(20-22(27)2)21-28(23-10-6-4-7-11-23)36-30(35)24-14-16-25(31)17-15-24/h2*4-17,22,27-28H,3,18-21H2,1-2H3/t2*22-,27+,28+/m11/s1. The van der Waals surface area contributed by atoms with Crippen molar-refractivity contribution in [3.63, 3.8) is 0 Å². The molecule has 6 atom stereocenters. The SMILES string of the molecule is CCC(=O)N(c1ccccc1)[C@H]1CCN(C[C@H](OC(=O)c2ccc(Br)cc2)c2ccccc2)C[C@H]1C.CCC(=O)N(c1ccccc1)[C@H]1CCN(C[C@H](OC(=O)c2ccc(Br)cc2)c2ccccc2)C[C@H]1C. The van der Waals surface area contributed by atoms with Crippen LogP contribution in [0.1, 0.15) is 97.4 Å². The summed E-state index contributed by atoms with van der Waals surface area (Å²) >= 11 is 6.83. The highest BCUT2D eigenvalue weighted by molar-refractivity contribution is 9.10. The zero-order valence-electron chi connectivity index (χ0n) is 41.7. The summed E-state index contributed by atoms with van der Waals surface area (Å²) < 4.78 is 13.9. The number of rotatable bonds is 16. The Bertz CT molecular complexity index is 2460. The average molecular weight is 1100 g/mol. The van der Waals surface area contributed by atoms with Gasteiger partial charge in [0.2, 0.25) is 11.8 Å². The van der Waals surface area contributed by atoms with Crippen LogP contribution in [0.25, 0.3) is 0 Å². The number of hydrogen-bond donors (Lipinski definition) is 0. The van der Waals surface area contributed by atoms with Gasteiger partial charge in [0.05, 0.1) is 11.1 Å². The van der Waals surface area contributed by atoms with Crippen LogP contribution in [-0.4, -0.2) is 84.9 Å². The lowest BCUT2D eigenvalue weighted by atomic mass is 9.91. The Balaban J connectivity index is 0.000000211. The lowest BCUT2D eigenvalue weighted by Crippen LogP contribution is -2.53. The van der Waals surface area contributed by atoms with E-state index in [9.17, 15) is 19.2 Å². The lowest BCUT2D eigenvalue weighted by Gasteiger charge is -2.43. The maximum Gasteiger partial charge on any atom is 0.338 e. The van der Waals surface area contributed by atoms with E-state index in [0.717, 1.165) is 70.5 Å². The van der Waals surface area contributed by atoms with Crippen LogP contribution in [0.5, 0.6) is 0 Å². The molecule has 2 aliphatic rings. The van der Waals surface area contributed by atoms with Gasteiger partial charge in [0, 0.05) is 84.5 Å². The summed E-state index contributed by atoms with van der Waals surface area (Å²) in [6.45, 7) is 12.8. The maximum absolute atomic E-state index is 13.0. The van der Waals surface area contributed by atoms with Crippen molar-refractivity contribution < 1.29 is 28.7 Å². The van der Waals surface area contributed by atoms with Crippen LogP contribution in [0.15, 0.2) is 179 Å². The zero-order valence-corrected chi connectivity index (χ0v) is 44.9. The highest BCUT2D eigenvalue weighted by atomic mass is 79.9. The van der Waals surface area contributed by atoms with Crippen molar-refractivity contribution >= 4 is 67.0 Å². The molecule has 6 aromatic carbocycles. The fourth-order valence-corrected chi connectivity index (χ4v) is 10.4. The van der Waals surface area contributed by atoms with Crippen molar-refractivity contribution in [2.75, 3.05) is 49.1 Å². The number of ether oxygens (including phenoxy) is 2. The van der Waals surface area contributed by atoms with Crippen molar-refractivity contribution in [2.24, 2.45) is 11.8 Å². The second kappa shape index (κ2) is 26.7. The topological polar surface area (TPSA) is 99.7 Å². The van der Waals surface area contributed by atoms with E-state index in [1.807, 2.05) is 169 Å². The number of halogens is 2. The quantitative estimate of drug-likeness (QED) is 0.0884. The summed E-state index contributed by atoms with van der Waals surface area (Å²) in [5.41, 5.74) is 4.93. The molecule has 2 saturated heterocycles. The van der Waals surface area contributed by atoms with Gasteiger partial charge in [0.25, 0.3) is 0 Å². The largest absolute Gasteiger partial charge is 0.453 e. The van der Waals surface area contributed by atoms with Crippen molar-refractivity contribution in [3.8, 4) is 0 Å². The molecule has 0 saturated carbocycles. The molecule has 2 aliphatic heterocycles. The number of carbonyl (C=O) groups is 4. The van der Waals surface area contributed by atoms with Crippen LogP contribution in [0.2, 0.25) is 0 Å². The first-order valence-corrected chi connectivity index (χ1v) is 26.7. The Kier molecular flexibility index (Phi) is 20.0. The molecule has 8 rings (SSSR count). The highest BCUT2D eigenvalue weighted by Crippen LogP contribution is 2.32. The minimum absolute atomic E-state index is 0.136. The molecule has 0 N–H and O–H groups in total. The van der Waals surface area contributed by atoms with E-state index < -0.39 is 0 Å². The van der Waals surface area contributed by atoms with Gasteiger partial charge in [-0.3, -0.25) is 19.4 Å². The van der Waals surface area contributed by atoms with E-state index in [1.54, 1.807) is 24.3 Å². The molecule has 0 unspecified atom stereocenters. The molecule has 10 nitrogen and oxygen atoms in total. The van der Waals surface area contributed by atoms with Crippen molar-refractivity contribution in [3.05, 3.63) is 201 Å². The van der Waals surface area contributed by atoms with E-state index in [0.29, 0.717) is 37.1 Å². The van der Waals surface area contributed by atoms with Gasteiger partial charge in [-0.25, -0.2) is 9.59 Å². The molecular formula is C60H66Br2N4O6. The number of nitrogens with zero attached hydrogens (tertiary/aromatic N) is 4. The number of hydrogen-bond acceptors (Lipinski definition) is 8. The number of carbonyl (C=O) groups excluding carboxylic acids is 4. The molecular weight excluding hydrogens is 1030 g/mol. The Morgan fingerprint density at radius 2 is 0.819 bits per heavy atom. The van der Waals surface area contributed by atoms with Crippen LogP contribution in [0, 0.1) is 11.8 Å². The first kappa shape index (κ1) is 53.9. The predicted octanol–water partition coefficient (Wildman–Crippen LogP) is 13.0. The van der Waals surface area contributed by atoms with Gasteiger partial charge in [-0.15, -0.1) is 0 Å². The van der Waals surface area contributed by atoms with Crippen molar-refractivity contribution in [1.29, 1.82) is 0 Å². The smallest absolute Gasteiger partial charge is 0.338 e. The van der Waals surface area contributed by atoms with Gasteiger partial charge in [-0.2, -0.15) is 0 Å². The minimum Gasteiger partial charge on any atom is -0.453 e. The van der Waals surface area contributed by atoms with Crippen LogP contribution in [0.4, 0.5) is 11.4 Å². The first-order chi connectivity index (χ1) is 34.9. The van der Waals surface area contributed by atoms with E-state index in [1.165, 1.54) is 0 Å². The van der Waals surface area contributed by atoms with Gasteiger partial charge < -0.3 is 19.3 Å². The van der Waals surface area contributed by atoms with Crippen molar-refractivity contribution in [1.82, 2.24) is 9.80 Å². The number of likely N-dealkylation sites (tertiary alicyclic amines) is 2. The summed E-state index contributed by atoms with van der Waals surface area (Å²) in [7, 11) is 0. The third-order valence-corrected chi connectivity index (χ3v) is 14.7. The molecule has 12 heteroatoms. The Morgan fingerprint density at radius 1 is 0.500 bits per heavy atom. The van der Waals surface area contributed by atoms with Gasteiger partial charge in [0.1, 0.15) is 12.2 Å². The molecule has 0 aliphatic carbocycles. The van der Waals surface area contributed by atoms with E-state index in [4.69, 9.17) is 9.47 Å². The van der Waals surface area contributed by atoms with Crippen LogP contribution < -0.4 is 9.80 Å². The Labute approximate surface area is 442 Å². The van der Waals surface area contributed by atoms with Crippen molar-refractivity contribution in [2.45, 2.75) is 77.7 Å². The zero-order chi connectivity index (χ0) is 51.0. The van der Waals surface area contributed by atoms with Crippen LogP contribution in [0.3, 0.4) is 0 Å². The summed E-state index contributed by atoms with van der Waals surface area (Å²) in [5.74, 6) is 0.182. The third kappa shape index (κ3) is 14.6. The van der Waals surface area contributed by atoms with Gasteiger partial charge >= 0.3 is 11.9 Å². The highest BCUT2D eigenvalue weighted by Gasteiger charge is 2.37. The fraction of sp³-hybridized carbons (Fsp3) is 0.333. The minimum atomic E-state index is -0.381. The molecule has 376 valence electrons. The second-order valence-electron chi connectivity index (χ2n) is 18.7. The normalized spacial score (nSPS) is 18.9. The number of piperidine rings is 2. The Morgan fingerprint density at radius 3 is 1.12 bits per heavy atom. The molecule has 2 amide bonds. The molecule has 2 heterocycles. The maximum atomic E-state index is 13.0. The van der Waals surface area contributed by atoms with Gasteiger partial charge in [-0.1, -0.05) is 157 Å². The molecule has 6 aromatic rings. The summed E-state index contributed by atoms with van der Waals surface area (Å²) in [4.78, 5) is 60.5. The number of amides is 2. The molecule has 2 fully saturated rings. The number of esters is 2. The molecule has 72 heavy (non-hydrogen) atoms.